The predicted octanol–water partition coefficient (Wildman–Crippen LogP) is 2.85. The van der Waals surface area contributed by atoms with E-state index in [0.29, 0.717) is 0 Å². The fourth-order valence-corrected chi connectivity index (χ4v) is 0.679. The lowest BCUT2D eigenvalue weighted by molar-refractivity contribution is 1.12. The van der Waals surface area contributed by atoms with E-state index in [0.717, 1.165) is 11.4 Å². The van der Waals surface area contributed by atoms with Crippen molar-refractivity contribution in [2.24, 2.45) is 0 Å². The van der Waals surface area contributed by atoms with E-state index in [1.165, 1.54) is 0 Å². The first-order valence-electron chi connectivity index (χ1n) is 2.69. The van der Waals surface area contributed by atoms with Gasteiger partial charge in [0.2, 0.25) is 0 Å². The van der Waals surface area contributed by atoms with E-state index in [2.05, 4.69) is 4.98 Å². The Kier molecular flexibility index (Phi) is 7.48. The Morgan fingerprint density at radius 3 is 1.60 bits per heavy atom. The van der Waals surface area contributed by atoms with Gasteiger partial charge in [0.25, 0.3) is 0 Å². The molecule has 0 fully saturated rings. The first-order chi connectivity index (χ1) is 3.79. The van der Waals surface area contributed by atoms with E-state index in [1.54, 1.807) is 0 Å². The Morgan fingerprint density at radius 1 is 1.00 bits per heavy atom. The van der Waals surface area contributed by atoms with E-state index >= 15 is 0 Å². The second kappa shape index (κ2) is 5.86. The lowest BCUT2D eigenvalue weighted by Crippen LogP contribution is -1.81. The van der Waals surface area contributed by atoms with Crippen LogP contribution in [0.5, 0.6) is 0 Å². The number of aryl methyl sites for hydroxylation is 2. The molecule has 58 valence electrons. The average Bonchev–Trinajstić information content (AvgIpc) is 1.64. The summed E-state index contributed by atoms with van der Waals surface area (Å²) in [4.78, 5) is 4.17. The minimum absolute atomic E-state index is 0. The molecule has 10 heavy (non-hydrogen) atoms. The molecule has 0 aromatic carbocycles. The Balaban J connectivity index is 0. The van der Waals surface area contributed by atoms with Gasteiger partial charge in [-0.2, -0.15) is 0 Å². The fraction of sp³-hybridized carbons (Fsp3) is 0.286. The van der Waals surface area contributed by atoms with Crippen molar-refractivity contribution in [3.05, 3.63) is 29.6 Å². The molecule has 1 aromatic heterocycles. The molecule has 0 aliphatic rings. The maximum absolute atomic E-state index is 4.17. The Hall–Kier alpha value is 0.110. The number of aromatic nitrogens is 1. The van der Waals surface area contributed by atoms with E-state index in [1.807, 2.05) is 32.0 Å². The van der Waals surface area contributed by atoms with Crippen molar-refractivity contribution in [3.8, 4) is 0 Å². The summed E-state index contributed by atoms with van der Waals surface area (Å²) in [6.45, 7) is 3.99. The van der Waals surface area contributed by atoms with Crippen LogP contribution < -0.4 is 0 Å². The molecule has 0 aliphatic carbocycles. The molecule has 3 heteroatoms. The van der Waals surface area contributed by atoms with Crippen LogP contribution in [0, 0.1) is 13.8 Å². The second-order valence-corrected chi connectivity index (χ2v) is 1.92. The van der Waals surface area contributed by atoms with Crippen LogP contribution in [0.1, 0.15) is 11.4 Å². The molecule has 0 N–H and O–H groups in total. The average molecular weight is 269 g/mol. The van der Waals surface area contributed by atoms with Gasteiger partial charge in [0, 0.05) is 11.4 Å². The zero-order valence-electron chi connectivity index (χ0n) is 6.00. The highest BCUT2D eigenvalue weighted by atomic mass is 79.9. The highest BCUT2D eigenvalue weighted by Gasteiger charge is 1.82. The summed E-state index contributed by atoms with van der Waals surface area (Å²) in [6, 6.07) is 6.00. The molecule has 1 aromatic rings. The van der Waals surface area contributed by atoms with Crippen molar-refractivity contribution >= 4 is 34.0 Å². The molecular weight excluding hydrogens is 258 g/mol. The minimum Gasteiger partial charge on any atom is -0.258 e. The standard InChI is InChI=1S/C7H9N.2BrH/c1-6-4-3-5-7(2)8-6;;/h3-5H,1-2H3;2*1H. The minimum atomic E-state index is 0. The summed E-state index contributed by atoms with van der Waals surface area (Å²) in [5.74, 6) is 0. The maximum Gasteiger partial charge on any atom is 0.0375 e. The van der Waals surface area contributed by atoms with Gasteiger partial charge in [0.15, 0.2) is 0 Å². The van der Waals surface area contributed by atoms with Crippen molar-refractivity contribution in [2.45, 2.75) is 13.8 Å². The van der Waals surface area contributed by atoms with E-state index in [4.69, 9.17) is 0 Å². The first kappa shape index (κ1) is 12.8. The van der Waals surface area contributed by atoms with Crippen molar-refractivity contribution in [3.63, 3.8) is 0 Å². The lowest BCUT2D eigenvalue weighted by atomic mass is 10.3. The van der Waals surface area contributed by atoms with Crippen molar-refractivity contribution in [1.29, 1.82) is 0 Å². The molecule has 0 bridgehead atoms. The van der Waals surface area contributed by atoms with Crippen LogP contribution in [0.2, 0.25) is 0 Å². The highest BCUT2D eigenvalue weighted by molar-refractivity contribution is 8.93. The zero-order valence-corrected chi connectivity index (χ0v) is 9.42. The Labute approximate surface area is 82.4 Å². The van der Waals surface area contributed by atoms with Crippen LogP contribution in [-0.4, -0.2) is 4.98 Å². The summed E-state index contributed by atoms with van der Waals surface area (Å²) in [5.41, 5.74) is 2.18. The Bertz CT molecular complexity index is 171. The fourth-order valence-electron chi connectivity index (χ4n) is 0.679. The Morgan fingerprint density at radius 2 is 1.40 bits per heavy atom. The molecule has 0 radical (unpaired) electrons. The van der Waals surface area contributed by atoms with Gasteiger partial charge in [-0.05, 0) is 26.0 Å². The van der Waals surface area contributed by atoms with Gasteiger partial charge in [-0.3, -0.25) is 4.98 Å². The quantitative estimate of drug-likeness (QED) is 0.705. The number of pyridine rings is 1. The number of halogens is 2. The third-order valence-corrected chi connectivity index (χ3v) is 1.03. The molecule has 0 spiro atoms. The molecule has 1 rings (SSSR count). The van der Waals surface area contributed by atoms with E-state index in [-0.39, 0.29) is 34.0 Å². The maximum atomic E-state index is 4.17. The summed E-state index contributed by atoms with van der Waals surface area (Å²) in [5, 5.41) is 0. The van der Waals surface area contributed by atoms with Crippen LogP contribution in [0.25, 0.3) is 0 Å². The molecule has 1 heterocycles. The molecule has 1 nitrogen and oxygen atoms in total. The topological polar surface area (TPSA) is 12.9 Å². The van der Waals surface area contributed by atoms with Gasteiger partial charge in [0.1, 0.15) is 0 Å². The number of nitrogens with zero attached hydrogens (tertiary/aromatic N) is 1. The van der Waals surface area contributed by atoms with Gasteiger partial charge >= 0.3 is 0 Å². The SMILES string of the molecule is Br.Br.Cc1cccc(C)n1. The van der Waals surface area contributed by atoms with Crippen LogP contribution in [0.15, 0.2) is 18.2 Å². The van der Waals surface area contributed by atoms with Crippen LogP contribution in [0.3, 0.4) is 0 Å². The summed E-state index contributed by atoms with van der Waals surface area (Å²) < 4.78 is 0. The monoisotopic (exact) mass is 267 g/mol. The van der Waals surface area contributed by atoms with Crippen molar-refractivity contribution < 1.29 is 0 Å². The summed E-state index contributed by atoms with van der Waals surface area (Å²) in [6.07, 6.45) is 0. The molecule has 0 amide bonds. The predicted molar refractivity (Wildman–Crippen MR) is 54.4 cm³/mol. The summed E-state index contributed by atoms with van der Waals surface area (Å²) in [7, 11) is 0. The van der Waals surface area contributed by atoms with Crippen LogP contribution in [0.4, 0.5) is 0 Å². The van der Waals surface area contributed by atoms with E-state index in [9.17, 15) is 0 Å². The van der Waals surface area contributed by atoms with Crippen molar-refractivity contribution in [2.75, 3.05) is 0 Å². The molecule has 0 unspecified atom stereocenters. The molecular formula is C7H11Br2N. The van der Waals surface area contributed by atoms with Gasteiger partial charge in [-0.1, -0.05) is 6.07 Å². The van der Waals surface area contributed by atoms with Crippen molar-refractivity contribution in [1.82, 2.24) is 4.98 Å². The van der Waals surface area contributed by atoms with Gasteiger partial charge in [-0.15, -0.1) is 34.0 Å². The largest absolute Gasteiger partial charge is 0.258 e. The molecule has 0 atom stereocenters. The molecule has 0 aliphatic heterocycles. The number of rotatable bonds is 0. The summed E-state index contributed by atoms with van der Waals surface area (Å²) >= 11 is 0. The van der Waals surface area contributed by atoms with Crippen LogP contribution >= 0.6 is 34.0 Å². The van der Waals surface area contributed by atoms with Crippen LogP contribution in [-0.2, 0) is 0 Å². The van der Waals surface area contributed by atoms with Gasteiger partial charge in [0.05, 0.1) is 0 Å². The number of hydrogen-bond acceptors (Lipinski definition) is 1. The highest BCUT2D eigenvalue weighted by Crippen LogP contribution is 1.93. The first-order valence-corrected chi connectivity index (χ1v) is 2.69. The number of hydrogen-bond donors (Lipinski definition) is 0. The third-order valence-electron chi connectivity index (χ3n) is 1.03. The normalized spacial score (nSPS) is 7.40. The molecule has 0 saturated carbocycles. The second-order valence-electron chi connectivity index (χ2n) is 1.92. The van der Waals surface area contributed by atoms with E-state index < -0.39 is 0 Å². The van der Waals surface area contributed by atoms with Gasteiger partial charge < -0.3 is 0 Å². The third kappa shape index (κ3) is 4.01. The lowest BCUT2D eigenvalue weighted by Gasteiger charge is -1.90. The molecule has 0 saturated heterocycles. The zero-order chi connectivity index (χ0) is 5.98. The smallest absolute Gasteiger partial charge is 0.0375 e. The van der Waals surface area contributed by atoms with Gasteiger partial charge in [-0.25, -0.2) is 0 Å².